The number of benzene rings is 2. The number of nitriles is 1. The van der Waals surface area contributed by atoms with Crippen molar-refractivity contribution in [2.45, 2.75) is 13.3 Å². The number of para-hydroxylation sites is 1. The molecule has 5 heteroatoms. The number of fused-ring (bicyclic) bond motifs is 1. The van der Waals surface area contributed by atoms with E-state index < -0.39 is 0 Å². The number of nitrogens with one attached hydrogen (secondary N) is 1. The Morgan fingerprint density at radius 2 is 2.04 bits per heavy atom. The third-order valence-corrected chi connectivity index (χ3v) is 4.01. The number of anilines is 2. The summed E-state index contributed by atoms with van der Waals surface area (Å²) >= 11 is 0. The highest BCUT2D eigenvalue weighted by Crippen LogP contribution is 2.32. The van der Waals surface area contributed by atoms with Crippen LogP contribution in [0.25, 0.3) is 10.9 Å². The molecule has 1 heterocycles. The topological polar surface area (TPSA) is 75.0 Å². The van der Waals surface area contributed by atoms with E-state index in [0.717, 1.165) is 33.5 Å². The molecule has 25 heavy (non-hydrogen) atoms. The lowest BCUT2D eigenvalue weighted by Crippen LogP contribution is -2.10. The van der Waals surface area contributed by atoms with Crippen molar-refractivity contribution in [3.8, 4) is 6.07 Å². The van der Waals surface area contributed by atoms with Crippen LogP contribution < -0.4 is 5.32 Å². The molecule has 2 aromatic carbocycles. The molecule has 0 spiro atoms. The molecule has 0 amide bonds. The van der Waals surface area contributed by atoms with Crippen LogP contribution in [0.3, 0.4) is 0 Å². The summed E-state index contributed by atoms with van der Waals surface area (Å²) in [5.41, 5.74) is 4.54. The van der Waals surface area contributed by atoms with Gasteiger partial charge in [-0.15, -0.1) is 0 Å². The molecule has 1 aromatic heterocycles. The number of esters is 1. The first-order valence-corrected chi connectivity index (χ1v) is 7.84. The van der Waals surface area contributed by atoms with Gasteiger partial charge in [-0.05, 0) is 31.2 Å². The smallest absolute Gasteiger partial charge is 0.310 e. The predicted octanol–water partition coefficient (Wildman–Crippen LogP) is 3.87. The Labute approximate surface area is 145 Å². The lowest BCUT2D eigenvalue weighted by molar-refractivity contribution is -0.139. The number of methoxy groups -OCH3 is 1. The number of rotatable bonds is 4. The van der Waals surface area contributed by atoms with Crippen molar-refractivity contribution in [2.75, 3.05) is 12.4 Å². The molecule has 124 valence electrons. The number of aromatic nitrogens is 1. The maximum absolute atomic E-state index is 11.9. The summed E-state index contributed by atoms with van der Waals surface area (Å²) in [6.07, 6.45) is 0.125. The lowest BCUT2D eigenvalue weighted by Gasteiger charge is -2.17. The van der Waals surface area contributed by atoms with Gasteiger partial charge in [-0.25, -0.2) is 0 Å². The fraction of sp³-hybridized carbons (Fsp3) is 0.150. The molecule has 0 radical (unpaired) electrons. The first-order chi connectivity index (χ1) is 12.1. The first kappa shape index (κ1) is 16.5. The van der Waals surface area contributed by atoms with E-state index in [4.69, 9.17) is 10.00 Å². The Morgan fingerprint density at radius 3 is 2.80 bits per heavy atom. The zero-order valence-electron chi connectivity index (χ0n) is 14.0. The van der Waals surface area contributed by atoms with Crippen molar-refractivity contribution in [1.82, 2.24) is 4.98 Å². The van der Waals surface area contributed by atoms with E-state index in [1.807, 2.05) is 43.3 Å². The molecule has 0 aliphatic heterocycles. The number of aryl methyl sites for hydroxylation is 1. The van der Waals surface area contributed by atoms with Gasteiger partial charge in [0.1, 0.15) is 0 Å². The molecule has 0 saturated heterocycles. The van der Waals surface area contributed by atoms with Gasteiger partial charge in [0.05, 0.1) is 36.4 Å². The molecule has 3 rings (SSSR count). The molecular weight excluding hydrogens is 314 g/mol. The van der Waals surface area contributed by atoms with E-state index in [1.54, 1.807) is 12.1 Å². The lowest BCUT2D eigenvalue weighted by atomic mass is 10.0. The van der Waals surface area contributed by atoms with E-state index in [1.165, 1.54) is 7.11 Å². The third-order valence-electron chi connectivity index (χ3n) is 4.01. The molecule has 0 fully saturated rings. The summed E-state index contributed by atoms with van der Waals surface area (Å²) in [4.78, 5) is 16.5. The molecule has 1 N–H and O–H groups in total. The second-order valence-corrected chi connectivity index (χ2v) is 5.64. The SMILES string of the molecule is COC(=O)Cc1c(C)nc2ccccc2c1Nc1cccc(C#N)c1. The average Bonchev–Trinajstić information content (AvgIpc) is 2.64. The first-order valence-electron chi connectivity index (χ1n) is 7.84. The van der Waals surface area contributed by atoms with Gasteiger partial charge in [0.15, 0.2) is 0 Å². The summed E-state index contributed by atoms with van der Waals surface area (Å²) < 4.78 is 4.83. The van der Waals surface area contributed by atoms with E-state index >= 15 is 0 Å². The summed E-state index contributed by atoms with van der Waals surface area (Å²) in [5.74, 6) is -0.325. The number of hydrogen-bond donors (Lipinski definition) is 1. The molecule has 0 aliphatic carbocycles. The van der Waals surface area contributed by atoms with Gasteiger partial charge in [0.2, 0.25) is 0 Å². The predicted molar refractivity (Wildman–Crippen MR) is 96.6 cm³/mol. The normalized spacial score (nSPS) is 10.3. The summed E-state index contributed by atoms with van der Waals surface area (Å²) in [7, 11) is 1.37. The highest BCUT2D eigenvalue weighted by Gasteiger charge is 2.16. The maximum atomic E-state index is 11.9. The second kappa shape index (κ2) is 7.02. The molecule has 0 atom stereocenters. The molecule has 5 nitrogen and oxygen atoms in total. The van der Waals surface area contributed by atoms with Crippen LogP contribution in [0.5, 0.6) is 0 Å². The zero-order chi connectivity index (χ0) is 17.8. The fourth-order valence-electron chi connectivity index (χ4n) is 2.76. The number of hydrogen-bond acceptors (Lipinski definition) is 5. The Kier molecular flexibility index (Phi) is 4.62. The minimum absolute atomic E-state index is 0.125. The number of carbonyl (C=O) groups is 1. The van der Waals surface area contributed by atoms with E-state index in [-0.39, 0.29) is 12.4 Å². The number of nitrogens with zero attached hydrogens (tertiary/aromatic N) is 2. The van der Waals surface area contributed by atoms with Crippen LogP contribution >= 0.6 is 0 Å². The van der Waals surface area contributed by atoms with E-state index in [0.29, 0.717) is 5.56 Å². The van der Waals surface area contributed by atoms with Crippen LogP contribution in [0.15, 0.2) is 48.5 Å². The Morgan fingerprint density at radius 1 is 1.24 bits per heavy atom. The number of carbonyl (C=O) groups excluding carboxylic acids is 1. The second-order valence-electron chi connectivity index (χ2n) is 5.64. The van der Waals surface area contributed by atoms with Gasteiger partial charge in [-0.3, -0.25) is 9.78 Å². The van der Waals surface area contributed by atoms with Crippen LogP contribution in [0.4, 0.5) is 11.4 Å². The standard InChI is InChI=1S/C20H17N3O2/c1-13-17(11-19(24)25-2)20(16-8-3-4-9-18(16)22-13)23-15-7-5-6-14(10-15)12-21/h3-10H,11H2,1-2H3,(H,22,23). The van der Waals surface area contributed by atoms with Crippen molar-refractivity contribution < 1.29 is 9.53 Å². The van der Waals surface area contributed by atoms with Crippen molar-refractivity contribution in [3.05, 3.63) is 65.4 Å². The largest absolute Gasteiger partial charge is 0.469 e. The molecular formula is C20H17N3O2. The highest BCUT2D eigenvalue weighted by molar-refractivity contribution is 5.96. The van der Waals surface area contributed by atoms with Gasteiger partial charge in [-0.2, -0.15) is 5.26 Å². The Hall–Kier alpha value is -3.39. The molecule has 0 saturated carbocycles. The van der Waals surface area contributed by atoms with Crippen molar-refractivity contribution >= 4 is 28.2 Å². The maximum Gasteiger partial charge on any atom is 0.310 e. The molecule has 0 unspecified atom stereocenters. The van der Waals surface area contributed by atoms with Gasteiger partial charge in [0, 0.05) is 22.3 Å². The zero-order valence-corrected chi connectivity index (χ0v) is 14.0. The van der Waals surface area contributed by atoms with Gasteiger partial charge in [-0.1, -0.05) is 24.3 Å². The van der Waals surface area contributed by atoms with Crippen molar-refractivity contribution in [2.24, 2.45) is 0 Å². The summed E-state index contributed by atoms with van der Waals surface area (Å²) in [5, 5.41) is 13.4. The average molecular weight is 331 g/mol. The molecule has 0 aliphatic rings. The van der Waals surface area contributed by atoms with Crippen LogP contribution in [-0.2, 0) is 16.0 Å². The fourth-order valence-corrected chi connectivity index (χ4v) is 2.76. The number of pyridine rings is 1. The third kappa shape index (κ3) is 3.43. The quantitative estimate of drug-likeness (QED) is 0.734. The van der Waals surface area contributed by atoms with Crippen LogP contribution in [0, 0.1) is 18.3 Å². The Bertz CT molecular complexity index is 990. The van der Waals surface area contributed by atoms with Crippen LogP contribution in [0.1, 0.15) is 16.8 Å². The van der Waals surface area contributed by atoms with Crippen molar-refractivity contribution in [1.29, 1.82) is 5.26 Å². The summed E-state index contributed by atoms with van der Waals surface area (Å²) in [6, 6.07) is 17.1. The summed E-state index contributed by atoms with van der Waals surface area (Å²) in [6.45, 7) is 1.88. The number of ether oxygens (including phenoxy) is 1. The van der Waals surface area contributed by atoms with E-state index in [9.17, 15) is 4.79 Å². The minimum Gasteiger partial charge on any atom is -0.469 e. The van der Waals surface area contributed by atoms with Gasteiger partial charge in [0.25, 0.3) is 0 Å². The Balaban J connectivity index is 2.17. The molecule has 0 bridgehead atoms. The minimum atomic E-state index is -0.325. The monoisotopic (exact) mass is 331 g/mol. The molecule has 3 aromatic rings. The van der Waals surface area contributed by atoms with Gasteiger partial charge < -0.3 is 10.1 Å². The van der Waals surface area contributed by atoms with E-state index in [2.05, 4.69) is 16.4 Å². The van der Waals surface area contributed by atoms with Gasteiger partial charge >= 0.3 is 5.97 Å². The van der Waals surface area contributed by atoms with Crippen molar-refractivity contribution in [3.63, 3.8) is 0 Å². The highest BCUT2D eigenvalue weighted by atomic mass is 16.5. The van der Waals surface area contributed by atoms with Crippen LogP contribution in [0.2, 0.25) is 0 Å². The van der Waals surface area contributed by atoms with Crippen LogP contribution in [-0.4, -0.2) is 18.1 Å².